The van der Waals surface area contributed by atoms with Crippen LogP contribution < -0.4 is 16.0 Å². The number of halogens is 1. The van der Waals surface area contributed by atoms with Crippen molar-refractivity contribution < 1.29 is 24.2 Å². The monoisotopic (exact) mass is 406 g/mol. The van der Waals surface area contributed by atoms with Crippen LogP contribution in [0.2, 0.25) is 0 Å². The number of fused-ring (bicyclic) bond motifs is 1. The molecule has 9 heteroatoms. The van der Waals surface area contributed by atoms with Gasteiger partial charge in [0.05, 0.1) is 11.4 Å². The number of piperidine rings is 1. The number of hydrogen-bond donors (Lipinski definition) is 4. The standard InChI is InChI=1S/C20H27FN4O4/c21-11-3-4-16(15(22)7-11)25-9-13-12(14(13)10-25)8-23-19(28)17(26)18(27)20(29)24-5-1-2-6-24/h3-4,7,12-14,17-18,26-27H,1-2,5-6,8-10,22H2,(H,23,28)/t12?,13?,14?,17-,18-/m1/s1. The zero-order chi connectivity index (χ0) is 20.7. The number of anilines is 2. The van der Waals surface area contributed by atoms with Gasteiger partial charge in [0.25, 0.3) is 11.8 Å². The molecule has 2 unspecified atom stereocenters. The summed E-state index contributed by atoms with van der Waals surface area (Å²) in [4.78, 5) is 27.9. The molecule has 0 radical (unpaired) electrons. The highest BCUT2D eigenvalue weighted by atomic mass is 19.1. The zero-order valence-electron chi connectivity index (χ0n) is 16.1. The molecule has 5 N–H and O–H groups in total. The van der Waals surface area contributed by atoms with Crippen molar-refractivity contribution >= 4 is 23.2 Å². The lowest BCUT2D eigenvalue weighted by molar-refractivity contribution is -0.152. The first-order chi connectivity index (χ1) is 13.9. The Morgan fingerprint density at radius 3 is 2.45 bits per heavy atom. The molecule has 29 heavy (non-hydrogen) atoms. The fraction of sp³-hybridized carbons (Fsp3) is 0.600. The van der Waals surface area contributed by atoms with E-state index in [-0.39, 0.29) is 11.7 Å². The fourth-order valence-electron chi connectivity index (χ4n) is 4.69. The molecule has 8 nitrogen and oxygen atoms in total. The predicted molar refractivity (Wildman–Crippen MR) is 104 cm³/mol. The van der Waals surface area contributed by atoms with Gasteiger partial charge in [-0.1, -0.05) is 0 Å². The summed E-state index contributed by atoms with van der Waals surface area (Å²) >= 11 is 0. The second kappa shape index (κ2) is 7.79. The van der Waals surface area contributed by atoms with E-state index in [1.807, 2.05) is 0 Å². The van der Waals surface area contributed by atoms with Gasteiger partial charge >= 0.3 is 0 Å². The molecule has 4 rings (SSSR count). The Balaban J connectivity index is 1.23. The van der Waals surface area contributed by atoms with Gasteiger partial charge in [0.1, 0.15) is 5.82 Å². The second-order valence-electron chi connectivity index (χ2n) is 8.27. The highest BCUT2D eigenvalue weighted by molar-refractivity contribution is 5.90. The van der Waals surface area contributed by atoms with E-state index in [0.717, 1.165) is 31.6 Å². The Morgan fingerprint density at radius 2 is 1.83 bits per heavy atom. The van der Waals surface area contributed by atoms with Crippen molar-refractivity contribution in [3.8, 4) is 0 Å². The third-order valence-electron chi connectivity index (χ3n) is 6.45. The molecule has 1 aromatic carbocycles. The van der Waals surface area contributed by atoms with Crippen LogP contribution in [0.5, 0.6) is 0 Å². The largest absolute Gasteiger partial charge is 0.397 e. The smallest absolute Gasteiger partial charge is 0.254 e. The molecule has 2 saturated heterocycles. The zero-order valence-corrected chi connectivity index (χ0v) is 16.1. The van der Waals surface area contributed by atoms with Crippen LogP contribution in [-0.4, -0.2) is 71.9 Å². The fourth-order valence-corrected chi connectivity index (χ4v) is 4.69. The number of aliphatic hydroxyl groups excluding tert-OH is 2. The molecule has 0 spiro atoms. The van der Waals surface area contributed by atoms with Gasteiger partial charge in [-0.3, -0.25) is 9.59 Å². The quantitative estimate of drug-likeness (QED) is 0.475. The Labute approximate surface area is 168 Å². The number of nitrogens with one attached hydrogen (secondary N) is 1. The molecule has 1 saturated carbocycles. The molecule has 0 aromatic heterocycles. The molecule has 2 aliphatic heterocycles. The summed E-state index contributed by atoms with van der Waals surface area (Å²) in [5, 5.41) is 22.7. The van der Waals surface area contributed by atoms with Crippen molar-refractivity contribution in [3.05, 3.63) is 24.0 Å². The summed E-state index contributed by atoms with van der Waals surface area (Å²) in [6.07, 6.45) is -1.77. The predicted octanol–water partition coefficient (Wildman–Crippen LogP) is -0.449. The molecule has 2 heterocycles. The number of nitrogen functional groups attached to an aromatic ring is 1. The molecule has 2 amide bonds. The number of nitrogens with zero attached hydrogens (tertiary/aromatic N) is 2. The maximum absolute atomic E-state index is 13.2. The van der Waals surface area contributed by atoms with Crippen LogP contribution in [0.15, 0.2) is 18.2 Å². The number of carbonyl (C=O) groups excluding carboxylic acids is 2. The van der Waals surface area contributed by atoms with Crippen molar-refractivity contribution in [1.29, 1.82) is 0 Å². The number of aliphatic hydroxyl groups is 2. The van der Waals surface area contributed by atoms with Crippen molar-refractivity contribution in [2.45, 2.75) is 25.0 Å². The SMILES string of the molecule is Nc1cc(F)ccc1N1CC2C(CNC(=O)[C@H](O)[C@@H](O)C(=O)N3CCCC3)C2C1. The minimum atomic E-state index is -1.77. The van der Waals surface area contributed by atoms with Crippen LogP contribution in [0.4, 0.5) is 15.8 Å². The molecule has 3 fully saturated rings. The number of benzene rings is 1. The second-order valence-corrected chi connectivity index (χ2v) is 8.27. The molecule has 0 bridgehead atoms. The Hall–Kier alpha value is -2.39. The lowest BCUT2D eigenvalue weighted by Gasteiger charge is -2.24. The van der Waals surface area contributed by atoms with Gasteiger partial charge in [-0.05, 0) is 48.8 Å². The van der Waals surface area contributed by atoms with E-state index >= 15 is 0 Å². The molecule has 1 aromatic rings. The first-order valence-corrected chi connectivity index (χ1v) is 10.1. The normalized spacial score (nSPS) is 27.5. The highest BCUT2D eigenvalue weighted by Crippen LogP contribution is 2.52. The van der Waals surface area contributed by atoms with Gasteiger partial charge in [-0.15, -0.1) is 0 Å². The maximum atomic E-state index is 13.2. The lowest BCUT2D eigenvalue weighted by Crippen LogP contribution is -2.50. The van der Waals surface area contributed by atoms with Crippen LogP contribution in [0.25, 0.3) is 0 Å². The van der Waals surface area contributed by atoms with E-state index in [1.165, 1.54) is 17.0 Å². The third-order valence-corrected chi connectivity index (χ3v) is 6.45. The summed E-state index contributed by atoms with van der Waals surface area (Å²) < 4.78 is 13.2. The summed E-state index contributed by atoms with van der Waals surface area (Å²) in [6, 6.07) is 4.39. The number of likely N-dealkylation sites (tertiary alicyclic amines) is 1. The number of nitrogens with two attached hydrogens (primary N) is 1. The van der Waals surface area contributed by atoms with Crippen molar-refractivity contribution in [3.63, 3.8) is 0 Å². The molecule has 158 valence electrons. The van der Waals surface area contributed by atoms with Gasteiger partial charge in [0, 0.05) is 32.7 Å². The van der Waals surface area contributed by atoms with E-state index in [9.17, 15) is 24.2 Å². The van der Waals surface area contributed by atoms with Crippen LogP contribution in [0.1, 0.15) is 12.8 Å². The van der Waals surface area contributed by atoms with Gasteiger partial charge in [0.15, 0.2) is 12.2 Å². The molecular weight excluding hydrogens is 379 g/mol. The number of amides is 2. The number of hydrogen-bond acceptors (Lipinski definition) is 6. The Bertz CT molecular complexity index is 789. The van der Waals surface area contributed by atoms with E-state index < -0.39 is 24.0 Å². The maximum Gasteiger partial charge on any atom is 0.254 e. The van der Waals surface area contributed by atoms with Crippen LogP contribution in [-0.2, 0) is 9.59 Å². The lowest BCUT2D eigenvalue weighted by atomic mass is 10.1. The van der Waals surface area contributed by atoms with Gasteiger partial charge < -0.3 is 31.1 Å². The van der Waals surface area contributed by atoms with Gasteiger partial charge in [0.2, 0.25) is 0 Å². The van der Waals surface area contributed by atoms with Gasteiger partial charge in [-0.25, -0.2) is 4.39 Å². The summed E-state index contributed by atoms with van der Waals surface area (Å²) in [5.74, 6) is -0.604. The van der Waals surface area contributed by atoms with E-state index in [1.54, 1.807) is 6.07 Å². The van der Waals surface area contributed by atoms with Crippen LogP contribution in [0.3, 0.4) is 0 Å². The average molecular weight is 406 g/mol. The molecule has 4 atom stereocenters. The average Bonchev–Trinajstić information content (AvgIpc) is 3.12. The van der Waals surface area contributed by atoms with E-state index in [0.29, 0.717) is 37.2 Å². The summed E-state index contributed by atoms with van der Waals surface area (Å²) in [7, 11) is 0. The molecule has 3 aliphatic rings. The highest BCUT2D eigenvalue weighted by Gasteiger charge is 2.55. The summed E-state index contributed by atoms with van der Waals surface area (Å²) in [6.45, 7) is 3.04. The Kier molecular flexibility index (Phi) is 5.35. The first kappa shape index (κ1) is 19.9. The van der Waals surface area contributed by atoms with Crippen molar-refractivity contribution in [1.82, 2.24) is 10.2 Å². The minimum absolute atomic E-state index is 0.287. The number of rotatable bonds is 6. The van der Waals surface area contributed by atoms with Crippen LogP contribution >= 0.6 is 0 Å². The minimum Gasteiger partial charge on any atom is -0.397 e. The molecule has 1 aliphatic carbocycles. The Morgan fingerprint density at radius 1 is 1.17 bits per heavy atom. The number of carbonyl (C=O) groups is 2. The topological polar surface area (TPSA) is 119 Å². The van der Waals surface area contributed by atoms with Crippen molar-refractivity contribution in [2.75, 3.05) is 43.4 Å². The van der Waals surface area contributed by atoms with Crippen molar-refractivity contribution in [2.24, 2.45) is 17.8 Å². The first-order valence-electron chi connectivity index (χ1n) is 10.1. The summed E-state index contributed by atoms with van der Waals surface area (Å²) in [5.41, 5.74) is 7.14. The third kappa shape index (κ3) is 3.89. The van der Waals surface area contributed by atoms with Gasteiger partial charge in [-0.2, -0.15) is 0 Å². The van der Waals surface area contributed by atoms with Crippen LogP contribution in [0, 0.1) is 23.6 Å². The van der Waals surface area contributed by atoms with E-state index in [4.69, 9.17) is 5.73 Å². The van der Waals surface area contributed by atoms with E-state index in [2.05, 4.69) is 10.2 Å². The molecular formula is C20H27FN4O4.